The van der Waals surface area contributed by atoms with Gasteiger partial charge in [0.25, 0.3) is 0 Å². The number of benzene rings is 1. The molecule has 4 nitrogen and oxygen atoms in total. The zero-order valence-corrected chi connectivity index (χ0v) is 14.2. The van der Waals surface area contributed by atoms with E-state index in [1.807, 2.05) is 0 Å². The average molecular weight is 358 g/mol. The van der Waals surface area contributed by atoms with Crippen LogP contribution in [0.3, 0.4) is 0 Å². The molecule has 0 radical (unpaired) electrons. The van der Waals surface area contributed by atoms with Gasteiger partial charge in [-0.2, -0.15) is 13.2 Å². The summed E-state index contributed by atoms with van der Waals surface area (Å²) >= 11 is 0. The Labute approximate surface area is 144 Å². The Kier molecular flexibility index (Phi) is 6.33. The third kappa shape index (κ3) is 4.67. The minimum atomic E-state index is -4.73. The topological polar surface area (TPSA) is 44.8 Å². The first-order valence-corrected chi connectivity index (χ1v) is 8.26. The second-order valence-corrected chi connectivity index (χ2v) is 5.58. The van der Waals surface area contributed by atoms with Crippen molar-refractivity contribution >= 4 is 12.0 Å². The first-order chi connectivity index (χ1) is 11.9. The predicted octanol–water partition coefficient (Wildman–Crippen LogP) is 4.53. The smallest absolute Gasteiger partial charge is 0.430 e. The van der Waals surface area contributed by atoms with E-state index in [0.29, 0.717) is 17.9 Å². The molecule has 1 aromatic carbocycles. The van der Waals surface area contributed by atoms with Crippen molar-refractivity contribution in [2.24, 2.45) is 0 Å². The highest BCUT2D eigenvalue weighted by Crippen LogP contribution is 2.41. The Morgan fingerprint density at radius 3 is 2.64 bits per heavy atom. The predicted molar refractivity (Wildman–Crippen MR) is 86.5 cm³/mol. The van der Waals surface area contributed by atoms with Crippen LogP contribution in [-0.2, 0) is 9.53 Å². The third-order valence-corrected chi connectivity index (χ3v) is 3.67. The van der Waals surface area contributed by atoms with E-state index in [4.69, 9.17) is 14.2 Å². The monoisotopic (exact) mass is 358 g/mol. The van der Waals surface area contributed by atoms with Gasteiger partial charge in [-0.25, -0.2) is 4.79 Å². The molecular weight excluding hydrogens is 337 g/mol. The lowest BCUT2D eigenvalue weighted by Gasteiger charge is -2.28. The Hall–Kier alpha value is -2.18. The van der Waals surface area contributed by atoms with Crippen LogP contribution in [0.15, 0.2) is 23.8 Å². The van der Waals surface area contributed by atoms with Crippen LogP contribution in [-0.4, -0.2) is 31.5 Å². The lowest BCUT2D eigenvalue weighted by Crippen LogP contribution is -2.40. The van der Waals surface area contributed by atoms with Crippen molar-refractivity contribution < 1.29 is 32.2 Å². The first-order valence-electron chi connectivity index (χ1n) is 8.26. The lowest BCUT2D eigenvalue weighted by atomic mass is 10.0. The second kappa shape index (κ2) is 8.27. The molecule has 1 aromatic rings. The van der Waals surface area contributed by atoms with Gasteiger partial charge in [-0.15, -0.1) is 0 Å². The minimum absolute atomic E-state index is 0.0250. The van der Waals surface area contributed by atoms with Gasteiger partial charge in [0.05, 0.1) is 24.4 Å². The van der Waals surface area contributed by atoms with Gasteiger partial charge in [0.2, 0.25) is 6.10 Å². The second-order valence-electron chi connectivity index (χ2n) is 5.58. The summed E-state index contributed by atoms with van der Waals surface area (Å²) in [6, 6.07) is 4.62. The molecule has 0 fully saturated rings. The number of rotatable bonds is 7. The number of hydrogen-bond acceptors (Lipinski definition) is 4. The summed E-state index contributed by atoms with van der Waals surface area (Å²) in [5.41, 5.74) is -0.256. The van der Waals surface area contributed by atoms with E-state index in [0.717, 1.165) is 25.3 Å². The van der Waals surface area contributed by atoms with Crippen LogP contribution in [0.1, 0.15) is 38.7 Å². The fourth-order valence-corrected chi connectivity index (χ4v) is 2.47. The van der Waals surface area contributed by atoms with E-state index in [2.05, 4.69) is 6.92 Å². The summed E-state index contributed by atoms with van der Waals surface area (Å²) in [6.45, 7) is 4.00. The van der Waals surface area contributed by atoms with Crippen molar-refractivity contribution in [3.05, 3.63) is 29.3 Å². The molecule has 138 valence electrons. The Morgan fingerprint density at radius 1 is 1.24 bits per heavy atom. The maximum Gasteiger partial charge on any atom is 0.430 e. The number of hydrogen-bond donors (Lipinski definition) is 0. The van der Waals surface area contributed by atoms with E-state index >= 15 is 0 Å². The van der Waals surface area contributed by atoms with Crippen LogP contribution in [0.2, 0.25) is 0 Å². The molecule has 1 heterocycles. The largest absolute Gasteiger partial charge is 0.493 e. The maximum atomic E-state index is 13.3. The minimum Gasteiger partial charge on any atom is -0.493 e. The fraction of sp³-hybridized carbons (Fsp3) is 0.500. The molecule has 0 saturated carbocycles. The molecule has 1 unspecified atom stereocenters. The van der Waals surface area contributed by atoms with E-state index in [9.17, 15) is 18.0 Å². The summed E-state index contributed by atoms with van der Waals surface area (Å²) in [4.78, 5) is 12.0. The number of alkyl halides is 3. The van der Waals surface area contributed by atoms with Crippen LogP contribution in [0.4, 0.5) is 13.2 Å². The Balaban J connectivity index is 2.35. The van der Waals surface area contributed by atoms with Gasteiger partial charge in [0.15, 0.2) is 0 Å². The molecule has 0 spiro atoms. The summed E-state index contributed by atoms with van der Waals surface area (Å²) in [6.07, 6.45) is -3.07. The van der Waals surface area contributed by atoms with Crippen molar-refractivity contribution in [3.8, 4) is 11.5 Å². The molecule has 1 aliphatic heterocycles. The van der Waals surface area contributed by atoms with Gasteiger partial charge in [-0.05, 0) is 31.6 Å². The molecule has 2 rings (SSSR count). The summed E-state index contributed by atoms with van der Waals surface area (Å²) in [5.74, 6) is -0.629. The number of halogens is 3. The number of fused-ring (bicyclic) bond motifs is 1. The molecule has 1 atom stereocenters. The third-order valence-electron chi connectivity index (χ3n) is 3.67. The van der Waals surface area contributed by atoms with Gasteiger partial charge in [0, 0.05) is 0 Å². The van der Waals surface area contributed by atoms with Crippen LogP contribution >= 0.6 is 0 Å². The van der Waals surface area contributed by atoms with Gasteiger partial charge < -0.3 is 14.2 Å². The quantitative estimate of drug-likeness (QED) is 0.531. The first kappa shape index (κ1) is 19.1. The van der Waals surface area contributed by atoms with E-state index in [1.165, 1.54) is 13.0 Å². The number of unbranched alkanes of at least 4 members (excludes halogenated alkanes) is 2. The van der Waals surface area contributed by atoms with Crippen LogP contribution in [0.25, 0.3) is 6.08 Å². The summed E-state index contributed by atoms with van der Waals surface area (Å²) < 4.78 is 55.3. The standard InChI is InChI=1S/C18H21F3O4/c1-3-5-6-10-24-14-8-7-9-15-12(14)11-13(17(22)23-4-2)16(25-15)18(19,20)21/h7-9,11,16H,3-6,10H2,1-2H3. The van der Waals surface area contributed by atoms with Gasteiger partial charge in [-0.3, -0.25) is 0 Å². The molecule has 0 N–H and O–H groups in total. The van der Waals surface area contributed by atoms with Crippen LogP contribution in [0, 0.1) is 0 Å². The average Bonchev–Trinajstić information content (AvgIpc) is 2.57. The zero-order chi connectivity index (χ0) is 18.4. The van der Waals surface area contributed by atoms with Crippen LogP contribution < -0.4 is 9.47 Å². The van der Waals surface area contributed by atoms with Gasteiger partial charge in [-0.1, -0.05) is 25.8 Å². The number of ether oxygens (including phenoxy) is 3. The number of esters is 1. The summed E-state index contributed by atoms with van der Waals surface area (Å²) in [7, 11) is 0. The molecule has 25 heavy (non-hydrogen) atoms. The van der Waals surface area contributed by atoms with E-state index < -0.39 is 23.8 Å². The molecule has 7 heteroatoms. The Bertz CT molecular complexity index is 638. The lowest BCUT2D eigenvalue weighted by molar-refractivity contribution is -0.187. The van der Waals surface area contributed by atoms with Gasteiger partial charge >= 0.3 is 12.1 Å². The number of carbonyl (C=O) groups excluding carboxylic acids is 1. The number of carbonyl (C=O) groups is 1. The highest BCUT2D eigenvalue weighted by molar-refractivity contribution is 5.97. The molecule has 0 aromatic heterocycles. The van der Waals surface area contributed by atoms with Crippen molar-refractivity contribution in [1.82, 2.24) is 0 Å². The molecule has 0 aliphatic carbocycles. The Morgan fingerprint density at radius 2 is 2.00 bits per heavy atom. The SMILES string of the molecule is CCCCCOc1cccc2c1C=C(C(=O)OCC)C(C(F)(F)F)O2. The van der Waals surface area contributed by atoms with Crippen molar-refractivity contribution in [1.29, 1.82) is 0 Å². The summed E-state index contributed by atoms with van der Waals surface area (Å²) in [5, 5.41) is 0. The van der Waals surface area contributed by atoms with Gasteiger partial charge in [0.1, 0.15) is 11.5 Å². The fourth-order valence-electron chi connectivity index (χ4n) is 2.47. The van der Waals surface area contributed by atoms with Crippen molar-refractivity contribution in [3.63, 3.8) is 0 Å². The van der Waals surface area contributed by atoms with Crippen LogP contribution in [0.5, 0.6) is 11.5 Å². The van der Waals surface area contributed by atoms with Crippen molar-refractivity contribution in [2.75, 3.05) is 13.2 Å². The molecule has 0 saturated heterocycles. The normalized spacial score (nSPS) is 16.5. The highest BCUT2D eigenvalue weighted by Gasteiger charge is 2.49. The highest BCUT2D eigenvalue weighted by atomic mass is 19.4. The molecule has 1 aliphatic rings. The van der Waals surface area contributed by atoms with Crippen molar-refractivity contribution in [2.45, 2.75) is 45.4 Å². The molecule has 0 bridgehead atoms. The zero-order valence-electron chi connectivity index (χ0n) is 14.2. The van der Waals surface area contributed by atoms with E-state index in [-0.39, 0.29) is 12.4 Å². The molecular formula is C18H21F3O4. The maximum absolute atomic E-state index is 13.3. The molecule has 0 amide bonds. The van der Waals surface area contributed by atoms with E-state index in [1.54, 1.807) is 12.1 Å².